The third kappa shape index (κ3) is 4.79. The minimum atomic E-state index is -0.634. The van der Waals surface area contributed by atoms with Gasteiger partial charge < -0.3 is 15.7 Å². The predicted molar refractivity (Wildman–Crippen MR) is 118 cm³/mol. The average molecular weight is 444 g/mol. The van der Waals surface area contributed by atoms with Crippen LogP contribution in [0.5, 0.6) is 0 Å². The summed E-state index contributed by atoms with van der Waals surface area (Å²) in [7, 11) is 0. The van der Waals surface area contributed by atoms with Crippen molar-refractivity contribution in [3.8, 4) is 11.3 Å². The lowest BCUT2D eigenvalue weighted by molar-refractivity contribution is 0.0979. The molecule has 0 aliphatic carbocycles. The highest BCUT2D eigenvalue weighted by Crippen LogP contribution is 2.32. The van der Waals surface area contributed by atoms with E-state index >= 15 is 0 Å². The first kappa shape index (κ1) is 21.8. The molecule has 1 aromatic heterocycles. The summed E-state index contributed by atoms with van der Waals surface area (Å²) in [4.78, 5) is 30.5. The molecule has 0 bridgehead atoms. The lowest BCUT2D eigenvalue weighted by Gasteiger charge is -2.24. The minimum Gasteiger partial charge on any atom is -0.396 e. The number of carbonyl (C=O) groups excluding carboxylic acids is 2. The number of pyridine rings is 1. The summed E-state index contributed by atoms with van der Waals surface area (Å²) in [5.74, 6) is -1.01. The van der Waals surface area contributed by atoms with E-state index in [2.05, 4.69) is 4.98 Å². The van der Waals surface area contributed by atoms with Gasteiger partial charge in [-0.15, -0.1) is 0 Å². The van der Waals surface area contributed by atoms with Gasteiger partial charge in [-0.3, -0.25) is 14.6 Å². The van der Waals surface area contributed by atoms with Gasteiger partial charge >= 0.3 is 0 Å². The maximum atomic E-state index is 13.3. The standard InChI is InChI=1S/C22H19Cl2N3O3/c23-18-8-6-15(13-17(18)20-4-1-2-9-26-20)27(10-3-11-28)22(30)16-7-5-14(21(25)29)12-19(16)24/h1-2,4-9,12-13,28H,3,10-11H2,(H2,25,29). The molecular weight excluding hydrogens is 425 g/mol. The van der Waals surface area contributed by atoms with Crippen LogP contribution in [-0.4, -0.2) is 35.1 Å². The Morgan fingerprint density at radius 2 is 1.83 bits per heavy atom. The summed E-state index contributed by atoms with van der Waals surface area (Å²) >= 11 is 12.6. The molecule has 3 aromatic rings. The quantitative estimate of drug-likeness (QED) is 0.571. The Kier molecular flexibility index (Phi) is 7.05. The SMILES string of the molecule is NC(=O)c1ccc(C(=O)N(CCCO)c2ccc(Cl)c(-c3ccccn3)c2)c(Cl)c1. The summed E-state index contributed by atoms with van der Waals surface area (Å²) in [5.41, 5.74) is 7.62. The van der Waals surface area contributed by atoms with Crippen LogP contribution in [0.3, 0.4) is 0 Å². The molecule has 0 saturated heterocycles. The van der Waals surface area contributed by atoms with Crippen LogP contribution in [0.4, 0.5) is 5.69 Å². The lowest BCUT2D eigenvalue weighted by Crippen LogP contribution is -2.32. The van der Waals surface area contributed by atoms with Gasteiger partial charge in [0.25, 0.3) is 5.91 Å². The normalized spacial score (nSPS) is 10.6. The number of hydrogen-bond acceptors (Lipinski definition) is 4. The molecule has 2 amide bonds. The molecule has 0 saturated carbocycles. The number of nitrogens with two attached hydrogens (primary N) is 1. The molecule has 154 valence electrons. The van der Waals surface area contributed by atoms with Gasteiger partial charge in [0.15, 0.2) is 0 Å². The Labute approximate surface area is 183 Å². The fourth-order valence-electron chi connectivity index (χ4n) is 2.96. The molecule has 6 nitrogen and oxygen atoms in total. The highest BCUT2D eigenvalue weighted by atomic mass is 35.5. The van der Waals surface area contributed by atoms with Crippen molar-refractivity contribution in [2.24, 2.45) is 5.73 Å². The van der Waals surface area contributed by atoms with Crippen molar-refractivity contribution >= 4 is 40.7 Å². The van der Waals surface area contributed by atoms with Crippen LogP contribution in [0.25, 0.3) is 11.3 Å². The number of nitrogens with zero attached hydrogens (tertiary/aromatic N) is 2. The first-order chi connectivity index (χ1) is 14.4. The van der Waals surface area contributed by atoms with Crippen molar-refractivity contribution in [1.29, 1.82) is 0 Å². The van der Waals surface area contributed by atoms with Crippen molar-refractivity contribution in [2.75, 3.05) is 18.1 Å². The molecule has 0 aliphatic rings. The van der Waals surface area contributed by atoms with Crippen LogP contribution in [0, 0.1) is 0 Å². The first-order valence-electron chi connectivity index (χ1n) is 9.15. The first-order valence-corrected chi connectivity index (χ1v) is 9.91. The maximum Gasteiger partial charge on any atom is 0.259 e. The molecule has 2 aromatic carbocycles. The number of rotatable bonds is 7. The maximum absolute atomic E-state index is 13.3. The van der Waals surface area contributed by atoms with Crippen molar-refractivity contribution in [3.63, 3.8) is 0 Å². The number of halogens is 2. The van der Waals surface area contributed by atoms with Crippen LogP contribution < -0.4 is 10.6 Å². The summed E-state index contributed by atoms with van der Waals surface area (Å²) in [6, 6.07) is 14.9. The molecule has 0 fully saturated rings. The molecular formula is C22H19Cl2N3O3. The summed E-state index contributed by atoms with van der Waals surface area (Å²) in [6.07, 6.45) is 2.03. The monoisotopic (exact) mass is 443 g/mol. The molecule has 30 heavy (non-hydrogen) atoms. The molecule has 1 heterocycles. The number of aliphatic hydroxyl groups is 1. The van der Waals surface area contributed by atoms with Crippen molar-refractivity contribution in [1.82, 2.24) is 4.98 Å². The van der Waals surface area contributed by atoms with E-state index in [4.69, 9.17) is 28.9 Å². The van der Waals surface area contributed by atoms with Crippen LogP contribution in [0.15, 0.2) is 60.8 Å². The topological polar surface area (TPSA) is 96.5 Å². The molecule has 0 atom stereocenters. The molecule has 0 aliphatic heterocycles. The van der Waals surface area contributed by atoms with Crippen molar-refractivity contribution in [2.45, 2.75) is 6.42 Å². The number of anilines is 1. The molecule has 3 N–H and O–H groups in total. The number of benzene rings is 2. The molecule has 8 heteroatoms. The number of aromatic nitrogens is 1. The smallest absolute Gasteiger partial charge is 0.259 e. The second-order valence-electron chi connectivity index (χ2n) is 6.47. The highest BCUT2D eigenvalue weighted by molar-refractivity contribution is 6.35. The number of primary amides is 1. The second kappa shape index (κ2) is 9.71. The van der Waals surface area contributed by atoms with E-state index in [0.717, 1.165) is 0 Å². The van der Waals surface area contributed by atoms with Gasteiger partial charge in [0.2, 0.25) is 5.91 Å². The fraction of sp³-hybridized carbons (Fsp3) is 0.136. The van der Waals surface area contributed by atoms with E-state index in [1.807, 2.05) is 12.1 Å². The van der Waals surface area contributed by atoms with Gasteiger partial charge in [0.1, 0.15) is 0 Å². The van der Waals surface area contributed by atoms with Gasteiger partial charge in [-0.05, 0) is 55.0 Å². The minimum absolute atomic E-state index is 0.0845. The van der Waals surface area contributed by atoms with Gasteiger partial charge in [-0.25, -0.2) is 0 Å². The van der Waals surface area contributed by atoms with Gasteiger partial charge in [-0.1, -0.05) is 29.3 Å². The Bertz CT molecular complexity index is 1070. The van der Waals surface area contributed by atoms with Crippen LogP contribution >= 0.6 is 23.2 Å². The van der Waals surface area contributed by atoms with Crippen LogP contribution in [-0.2, 0) is 0 Å². The molecule has 0 radical (unpaired) electrons. The highest BCUT2D eigenvalue weighted by Gasteiger charge is 2.22. The number of aliphatic hydroxyl groups excluding tert-OH is 1. The fourth-order valence-corrected chi connectivity index (χ4v) is 3.44. The number of amides is 2. The zero-order valence-electron chi connectivity index (χ0n) is 15.9. The Morgan fingerprint density at radius 1 is 1.03 bits per heavy atom. The van der Waals surface area contributed by atoms with E-state index < -0.39 is 5.91 Å². The van der Waals surface area contributed by atoms with Gasteiger partial charge in [0, 0.05) is 36.2 Å². The Hall–Kier alpha value is -2.93. The van der Waals surface area contributed by atoms with Crippen molar-refractivity contribution < 1.29 is 14.7 Å². The van der Waals surface area contributed by atoms with Crippen LogP contribution in [0.1, 0.15) is 27.1 Å². The van der Waals surface area contributed by atoms with E-state index in [1.165, 1.54) is 23.1 Å². The average Bonchev–Trinajstić information content (AvgIpc) is 2.75. The third-order valence-corrected chi connectivity index (χ3v) is 5.11. The van der Waals surface area contributed by atoms with E-state index in [-0.39, 0.29) is 35.2 Å². The number of hydrogen-bond donors (Lipinski definition) is 2. The Morgan fingerprint density at radius 3 is 2.47 bits per heavy atom. The largest absolute Gasteiger partial charge is 0.396 e. The Balaban J connectivity index is 2.03. The van der Waals surface area contributed by atoms with E-state index in [0.29, 0.717) is 28.4 Å². The predicted octanol–water partition coefficient (Wildman–Crippen LogP) is 4.18. The van der Waals surface area contributed by atoms with Crippen LogP contribution in [0.2, 0.25) is 10.0 Å². The zero-order chi connectivity index (χ0) is 21.7. The van der Waals surface area contributed by atoms with E-state index in [1.54, 1.807) is 30.5 Å². The second-order valence-corrected chi connectivity index (χ2v) is 7.29. The van der Waals surface area contributed by atoms with E-state index in [9.17, 15) is 14.7 Å². The molecule has 3 rings (SSSR count). The lowest BCUT2D eigenvalue weighted by atomic mass is 10.1. The third-order valence-electron chi connectivity index (χ3n) is 4.47. The number of carbonyl (C=O) groups is 2. The molecule has 0 spiro atoms. The summed E-state index contributed by atoms with van der Waals surface area (Å²) in [5, 5.41) is 9.91. The zero-order valence-corrected chi connectivity index (χ0v) is 17.4. The van der Waals surface area contributed by atoms with Gasteiger partial charge in [0.05, 0.1) is 21.3 Å². The van der Waals surface area contributed by atoms with Gasteiger partial charge in [-0.2, -0.15) is 0 Å². The summed E-state index contributed by atoms with van der Waals surface area (Å²) in [6.45, 7) is 0.172. The van der Waals surface area contributed by atoms with Crippen molar-refractivity contribution in [3.05, 3.63) is 82.0 Å². The molecule has 0 unspecified atom stereocenters. The summed E-state index contributed by atoms with van der Waals surface area (Å²) < 4.78 is 0.